The second-order valence-electron chi connectivity index (χ2n) is 5.25. The summed E-state index contributed by atoms with van der Waals surface area (Å²) in [5.41, 5.74) is 0.756. The minimum Gasteiger partial charge on any atom is -0.434 e. The molecule has 0 spiro atoms. The maximum Gasteiger partial charge on any atom is 0.387 e. The van der Waals surface area contributed by atoms with Crippen molar-refractivity contribution >= 4 is 15.9 Å². The third kappa shape index (κ3) is 5.02. The molecule has 0 radical (unpaired) electrons. The molecule has 2 rings (SSSR count). The molecule has 1 aliphatic rings. The Morgan fingerprint density at radius 1 is 1.30 bits per heavy atom. The second kappa shape index (κ2) is 7.93. The van der Waals surface area contributed by atoms with E-state index in [-0.39, 0.29) is 5.75 Å². The zero-order chi connectivity index (χ0) is 14.4. The molecule has 0 atom stereocenters. The first-order valence-corrected chi connectivity index (χ1v) is 7.88. The summed E-state index contributed by atoms with van der Waals surface area (Å²) in [5.74, 6) is 1.08. The summed E-state index contributed by atoms with van der Waals surface area (Å²) in [7, 11) is 0. The van der Waals surface area contributed by atoms with Crippen molar-refractivity contribution in [2.24, 2.45) is 5.92 Å². The van der Waals surface area contributed by atoms with Crippen LogP contribution in [-0.2, 0) is 6.54 Å². The third-order valence-corrected chi connectivity index (χ3v) is 4.25. The zero-order valence-corrected chi connectivity index (χ0v) is 13.0. The van der Waals surface area contributed by atoms with E-state index in [1.807, 2.05) is 6.07 Å². The smallest absolute Gasteiger partial charge is 0.387 e. The average Bonchev–Trinajstić information content (AvgIpc) is 2.90. The molecule has 0 aromatic heterocycles. The lowest BCUT2D eigenvalue weighted by Gasteiger charge is -2.13. The molecule has 0 saturated heterocycles. The number of alkyl halides is 2. The third-order valence-electron chi connectivity index (χ3n) is 3.76. The summed E-state index contributed by atoms with van der Waals surface area (Å²) < 4.78 is 30.1. The van der Waals surface area contributed by atoms with Gasteiger partial charge in [-0.2, -0.15) is 8.78 Å². The minimum atomic E-state index is -2.78. The quantitative estimate of drug-likeness (QED) is 0.720. The van der Waals surface area contributed by atoms with E-state index in [4.69, 9.17) is 0 Å². The van der Waals surface area contributed by atoms with Crippen molar-refractivity contribution < 1.29 is 13.5 Å². The van der Waals surface area contributed by atoms with Gasteiger partial charge < -0.3 is 10.1 Å². The molecular weight excluding hydrogens is 328 g/mol. The van der Waals surface area contributed by atoms with E-state index in [1.165, 1.54) is 32.1 Å². The van der Waals surface area contributed by atoms with E-state index in [0.717, 1.165) is 22.5 Å². The molecule has 1 aromatic rings. The van der Waals surface area contributed by atoms with Crippen LogP contribution in [0.3, 0.4) is 0 Å². The first kappa shape index (κ1) is 15.7. The highest BCUT2D eigenvalue weighted by molar-refractivity contribution is 9.10. The van der Waals surface area contributed by atoms with Gasteiger partial charge in [-0.1, -0.05) is 41.6 Å². The van der Waals surface area contributed by atoms with Crippen LogP contribution in [0.2, 0.25) is 0 Å². The lowest BCUT2D eigenvalue weighted by molar-refractivity contribution is -0.0505. The van der Waals surface area contributed by atoms with Gasteiger partial charge in [0.15, 0.2) is 0 Å². The number of rotatable bonds is 7. The molecule has 112 valence electrons. The van der Waals surface area contributed by atoms with Gasteiger partial charge in [-0.25, -0.2) is 0 Å². The average molecular weight is 348 g/mol. The van der Waals surface area contributed by atoms with E-state index >= 15 is 0 Å². The van der Waals surface area contributed by atoms with Crippen LogP contribution in [0.4, 0.5) is 8.78 Å². The Morgan fingerprint density at radius 3 is 2.75 bits per heavy atom. The van der Waals surface area contributed by atoms with Gasteiger partial charge in [-0.05, 0) is 37.1 Å². The van der Waals surface area contributed by atoms with Crippen molar-refractivity contribution in [1.29, 1.82) is 0 Å². The Balaban J connectivity index is 1.82. The number of benzene rings is 1. The molecule has 1 aliphatic carbocycles. The van der Waals surface area contributed by atoms with Crippen molar-refractivity contribution in [2.45, 2.75) is 45.3 Å². The van der Waals surface area contributed by atoms with Crippen molar-refractivity contribution in [3.05, 3.63) is 28.2 Å². The molecule has 1 N–H and O–H groups in total. The largest absolute Gasteiger partial charge is 0.434 e. The van der Waals surface area contributed by atoms with Gasteiger partial charge in [0.2, 0.25) is 0 Å². The van der Waals surface area contributed by atoms with Crippen LogP contribution < -0.4 is 10.1 Å². The number of hydrogen-bond acceptors (Lipinski definition) is 2. The zero-order valence-electron chi connectivity index (χ0n) is 11.4. The van der Waals surface area contributed by atoms with Crippen molar-refractivity contribution in [3.8, 4) is 5.75 Å². The van der Waals surface area contributed by atoms with Gasteiger partial charge in [0, 0.05) is 16.6 Å². The molecular formula is C15H20BrF2NO. The van der Waals surface area contributed by atoms with Gasteiger partial charge in [0.25, 0.3) is 0 Å². The van der Waals surface area contributed by atoms with Crippen LogP contribution in [0.1, 0.15) is 37.7 Å². The first-order chi connectivity index (χ1) is 9.65. The van der Waals surface area contributed by atoms with Crippen molar-refractivity contribution in [2.75, 3.05) is 6.54 Å². The summed E-state index contributed by atoms with van der Waals surface area (Å²) in [6.45, 7) is -1.31. The van der Waals surface area contributed by atoms with E-state index < -0.39 is 6.61 Å². The lowest BCUT2D eigenvalue weighted by Crippen LogP contribution is -2.18. The first-order valence-electron chi connectivity index (χ1n) is 7.09. The Hall–Kier alpha value is -0.680. The SMILES string of the molecule is FC(F)Oc1ccc(Br)cc1CNCCC1CCCC1. The summed E-state index contributed by atoms with van der Waals surface area (Å²) in [6, 6.07) is 5.10. The van der Waals surface area contributed by atoms with Crippen LogP contribution >= 0.6 is 15.9 Å². The number of nitrogens with one attached hydrogen (secondary N) is 1. The number of hydrogen-bond donors (Lipinski definition) is 1. The Kier molecular flexibility index (Phi) is 6.23. The Morgan fingerprint density at radius 2 is 2.05 bits per heavy atom. The monoisotopic (exact) mass is 347 g/mol. The summed E-state index contributed by atoms with van der Waals surface area (Å²) >= 11 is 3.35. The van der Waals surface area contributed by atoms with E-state index in [1.54, 1.807) is 12.1 Å². The maximum atomic E-state index is 12.3. The highest BCUT2D eigenvalue weighted by atomic mass is 79.9. The molecule has 0 amide bonds. The van der Waals surface area contributed by atoms with Crippen LogP contribution in [-0.4, -0.2) is 13.2 Å². The maximum absolute atomic E-state index is 12.3. The second-order valence-corrected chi connectivity index (χ2v) is 6.16. The van der Waals surface area contributed by atoms with Gasteiger partial charge >= 0.3 is 6.61 Å². The normalized spacial score (nSPS) is 16.0. The molecule has 0 unspecified atom stereocenters. The van der Waals surface area contributed by atoms with Gasteiger partial charge in [-0.15, -0.1) is 0 Å². The lowest BCUT2D eigenvalue weighted by atomic mass is 10.0. The van der Waals surface area contributed by atoms with Gasteiger partial charge in [-0.3, -0.25) is 0 Å². The highest BCUT2D eigenvalue weighted by Gasteiger charge is 2.14. The van der Waals surface area contributed by atoms with Crippen LogP contribution in [0.15, 0.2) is 22.7 Å². The molecule has 0 bridgehead atoms. The van der Waals surface area contributed by atoms with Gasteiger partial charge in [0.05, 0.1) is 0 Å². The Bertz CT molecular complexity index is 422. The van der Waals surface area contributed by atoms with Gasteiger partial charge in [0.1, 0.15) is 5.75 Å². The van der Waals surface area contributed by atoms with E-state index in [2.05, 4.69) is 26.0 Å². The Labute approximate surface area is 127 Å². The molecule has 5 heteroatoms. The summed E-state index contributed by atoms with van der Waals surface area (Å²) in [4.78, 5) is 0. The molecule has 2 nitrogen and oxygen atoms in total. The van der Waals surface area contributed by atoms with Crippen LogP contribution in [0.5, 0.6) is 5.75 Å². The summed E-state index contributed by atoms with van der Waals surface area (Å²) in [5, 5.41) is 3.32. The summed E-state index contributed by atoms with van der Waals surface area (Å²) in [6.07, 6.45) is 6.53. The molecule has 1 fully saturated rings. The van der Waals surface area contributed by atoms with Crippen LogP contribution in [0, 0.1) is 5.92 Å². The molecule has 1 saturated carbocycles. The fourth-order valence-electron chi connectivity index (χ4n) is 2.73. The van der Waals surface area contributed by atoms with Crippen LogP contribution in [0.25, 0.3) is 0 Å². The van der Waals surface area contributed by atoms with Crippen molar-refractivity contribution in [3.63, 3.8) is 0 Å². The molecule has 20 heavy (non-hydrogen) atoms. The fraction of sp³-hybridized carbons (Fsp3) is 0.600. The van der Waals surface area contributed by atoms with E-state index in [0.29, 0.717) is 6.54 Å². The fourth-order valence-corrected chi connectivity index (χ4v) is 3.13. The molecule has 0 aliphatic heterocycles. The molecule has 1 aromatic carbocycles. The predicted molar refractivity (Wildman–Crippen MR) is 79.1 cm³/mol. The number of ether oxygens (including phenoxy) is 1. The van der Waals surface area contributed by atoms with E-state index in [9.17, 15) is 8.78 Å². The van der Waals surface area contributed by atoms with Crippen molar-refractivity contribution in [1.82, 2.24) is 5.32 Å². The minimum absolute atomic E-state index is 0.247. The molecule has 0 heterocycles. The highest BCUT2D eigenvalue weighted by Crippen LogP contribution is 2.27. The topological polar surface area (TPSA) is 21.3 Å². The predicted octanol–water partition coefficient (Wildman–Crippen LogP) is 4.72. The number of halogens is 3. The standard InChI is InChI=1S/C15H20BrF2NO/c16-13-5-6-14(20-15(17)18)12(9-13)10-19-8-7-11-3-1-2-4-11/h5-6,9,11,15,19H,1-4,7-8,10H2.